The van der Waals surface area contributed by atoms with Crippen molar-refractivity contribution in [2.24, 2.45) is 0 Å². The lowest BCUT2D eigenvalue weighted by atomic mass is 10.2. The molecular formula is C9H16ClN5O4. The molecule has 2 rings (SSSR count). The lowest BCUT2D eigenvalue weighted by Gasteiger charge is -2.38. The fraction of sp³-hybridized carbons (Fsp3) is 0.667. The van der Waals surface area contributed by atoms with Crippen molar-refractivity contribution < 1.29 is 24.1 Å². The van der Waals surface area contributed by atoms with Crippen LogP contribution in [0.4, 0.5) is 0 Å². The molecule has 1 saturated heterocycles. The molecule has 2 heterocycles. The fourth-order valence-corrected chi connectivity index (χ4v) is 1.86. The zero-order valence-electron chi connectivity index (χ0n) is 10.4. The number of rotatable bonds is 4. The first-order chi connectivity index (χ1) is 8.61. The quantitative estimate of drug-likeness (QED) is 0.623. The predicted octanol–water partition coefficient (Wildman–Crippen LogP) is -1.92. The Morgan fingerprint density at radius 3 is 3.00 bits per heavy atom. The van der Waals surface area contributed by atoms with Gasteiger partial charge in [0.15, 0.2) is 0 Å². The van der Waals surface area contributed by atoms with Crippen LogP contribution in [0.2, 0.25) is 0 Å². The molecule has 9 nitrogen and oxygen atoms in total. The number of nitrogens with one attached hydrogen (secondary N) is 1. The van der Waals surface area contributed by atoms with Crippen LogP contribution in [0.15, 0.2) is 10.7 Å². The van der Waals surface area contributed by atoms with Crippen LogP contribution in [0.5, 0.6) is 0 Å². The Morgan fingerprint density at radius 2 is 2.47 bits per heavy atom. The molecule has 10 heteroatoms. The van der Waals surface area contributed by atoms with E-state index in [0.29, 0.717) is 19.7 Å². The second-order valence-corrected chi connectivity index (χ2v) is 3.81. The maximum absolute atomic E-state index is 11.3. The second kappa shape index (κ2) is 6.55. The van der Waals surface area contributed by atoms with Gasteiger partial charge in [-0.05, 0) is 12.2 Å². The summed E-state index contributed by atoms with van der Waals surface area (Å²) in [6.45, 7) is 3.57. The van der Waals surface area contributed by atoms with Crippen molar-refractivity contribution in [3.8, 4) is 0 Å². The van der Waals surface area contributed by atoms with Crippen LogP contribution in [-0.4, -0.2) is 48.4 Å². The Balaban J connectivity index is 0.00000180. The minimum absolute atomic E-state index is 0. The number of hydrogen-bond acceptors (Lipinski definition) is 6. The van der Waals surface area contributed by atoms with E-state index in [0.717, 1.165) is 0 Å². The summed E-state index contributed by atoms with van der Waals surface area (Å²) in [5.41, 5.74) is -0.119. The van der Waals surface area contributed by atoms with Crippen LogP contribution >= 0.6 is 12.4 Å². The number of carboxylic acid groups (broad SMARTS) is 1. The van der Waals surface area contributed by atoms with Crippen LogP contribution in [0.3, 0.4) is 0 Å². The Hall–Kier alpha value is -1.58. The van der Waals surface area contributed by atoms with Crippen LogP contribution in [0.25, 0.3) is 0 Å². The van der Waals surface area contributed by atoms with Crippen molar-refractivity contribution >= 4 is 18.4 Å². The standard InChI is InChI=1S/C9H15N5O4.ClH/c1-2-17-12-3-4-13(7(5-12)9(15)16)14-6-8(10)18-11-14;/h6-7,10H,2-5H2,1H3,(H,15,16);1H. The van der Waals surface area contributed by atoms with Gasteiger partial charge in [-0.1, -0.05) is 4.79 Å². The lowest BCUT2D eigenvalue weighted by Crippen LogP contribution is -2.72. The molecule has 2 N–H and O–H groups in total. The van der Waals surface area contributed by atoms with Gasteiger partial charge in [0.05, 0.1) is 6.61 Å². The Bertz CT molecular complexity index is 475. The lowest BCUT2D eigenvalue weighted by molar-refractivity contribution is -0.767. The summed E-state index contributed by atoms with van der Waals surface area (Å²) in [6.07, 6.45) is 1.33. The molecule has 0 bridgehead atoms. The van der Waals surface area contributed by atoms with Crippen LogP contribution in [0.1, 0.15) is 6.92 Å². The highest BCUT2D eigenvalue weighted by Crippen LogP contribution is 2.05. The first-order valence-electron chi connectivity index (χ1n) is 5.59. The minimum atomic E-state index is -0.971. The van der Waals surface area contributed by atoms with Crippen molar-refractivity contribution in [1.29, 1.82) is 5.41 Å². The second-order valence-electron chi connectivity index (χ2n) is 3.81. The third-order valence-electron chi connectivity index (χ3n) is 2.63. The summed E-state index contributed by atoms with van der Waals surface area (Å²) in [6, 6.07) is -0.792. The molecule has 0 saturated carbocycles. The van der Waals surface area contributed by atoms with Crippen molar-refractivity contribution in [1.82, 2.24) is 10.3 Å². The molecule has 1 fully saturated rings. The van der Waals surface area contributed by atoms with E-state index in [4.69, 9.17) is 10.2 Å². The van der Waals surface area contributed by atoms with Gasteiger partial charge in [-0.25, -0.2) is 0 Å². The number of aliphatic carboxylic acids is 1. The van der Waals surface area contributed by atoms with E-state index in [1.807, 2.05) is 6.92 Å². The minimum Gasteiger partial charge on any atom is -0.481 e. The summed E-state index contributed by atoms with van der Waals surface area (Å²) in [4.78, 5) is 17.8. The SMILES string of the molecule is CCON1CCN([n+]2cc(=N)o[n-]2)C(C(=O)O)C1.Cl. The summed E-state index contributed by atoms with van der Waals surface area (Å²) in [5.74, 6) is -0.971. The number of nitrogens with zero attached hydrogens (tertiary/aromatic N) is 4. The van der Waals surface area contributed by atoms with Gasteiger partial charge in [0.1, 0.15) is 6.04 Å². The Kier molecular flexibility index (Phi) is 5.33. The summed E-state index contributed by atoms with van der Waals surface area (Å²) in [7, 11) is 0. The highest BCUT2D eigenvalue weighted by atomic mass is 35.5. The average molecular weight is 294 g/mol. The highest BCUT2D eigenvalue weighted by Gasteiger charge is 2.33. The Labute approximate surface area is 115 Å². The van der Waals surface area contributed by atoms with Crippen molar-refractivity contribution in [3.05, 3.63) is 11.8 Å². The number of hydrogen-bond donors (Lipinski definition) is 2. The third kappa shape index (κ3) is 3.46. The number of halogens is 1. The predicted molar refractivity (Wildman–Crippen MR) is 63.0 cm³/mol. The molecule has 0 aromatic carbocycles. The van der Waals surface area contributed by atoms with Gasteiger partial charge >= 0.3 is 5.97 Å². The van der Waals surface area contributed by atoms with E-state index in [1.54, 1.807) is 5.06 Å². The largest absolute Gasteiger partial charge is 0.481 e. The number of carboxylic acids is 1. The van der Waals surface area contributed by atoms with Crippen LogP contribution in [-0.2, 0) is 9.63 Å². The van der Waals surface area contributed by atoms with E-state index in [-0.39, 0.29) is 24.5 Å². The van der Waals surface area contributed by atoms with Gasteiger partial charge in [-0.15, -0.1) is 12.4 Å². The van der Waals surface area contributed by atoms with Crippen LogP contribution < -0.4 is 20.6 Å². The van der Waals surface area contributed by atoms with Crippen molar-refractivity contribution in [2.45, 2.75) is 13.0 Å². The van der Waals surface area contributed by atoms with E-state index in [2.05, 4.69) is 9.79 Å². The van der Waals surface area contributed by atoms with Crippen molar-refractivity contribution in [2.75, 3.05) is 31.3 Å². The molecule has 0 radical (unpaired) electrons. The smallest absolute Gasteiger partial charge is 0.312 e. The summed E-state index contributed by atoms with van der Waals surface area (Å²) in [5, 5.41) is 23.2. The van der Waals surface area contributed by atoms with Gasteiger partial charge in [-0.3, -0.25) is 20.1 Å². The summed E-state index contributed by atoms with van der Waals surface area (Å²) >= 11 is 0. The molecule has 1 aromatic heterocycles. The van der Waals surface area contributed by atoms with Crippen molar-refractivity contribution in [3.63, 3.8) is 0 Å². The molecule has 0 spiro atoms. The molecule has 19 heavy (non-hydrogen) atoms. The number of carbonyl (C=O) groups is 1. The zero-order chi connectivity index (χ0) is 13.1. The maximum Gasteiger partial charge on any atom is 0.312 e. The maximum atomic E-state index is 11.3. The molecule has 0 aliphatic carbocycles. The number of piperazine rings is 1. The van der Waals surface area contributed by atoms with Gasteiger partial charge in [-0.2, -0.15) is 5.06 Å². The normalized spacial score (nSPS) is 20.1. The molecular weight excluding hydrogens is 278 g/mol. The van der Waals surface area contributed by atoms with E-state index >= 15 is 0 Å². The third-order valence-corrected chi connectivity index (χ3v) is 2.63. The first-order valence-corrected chi connectivity index (χ1v) is 5.59. The fourth-order valence-electron chi connectivity index (χ4n) is 1.86. The molecule has 1 aromatic rings. The number of aromatic nitrogens is 2. The monoisotopic (exact) mass is 293 g/mol. The molecule has 1 unspecified atom stereocenters. The first kappa shape index (κ1) is 15.5. The molecule has 1 aliphatic rings. The topological polar surface area (TPSA) is 108 Å². The van der Waals surface area contributed by atoms with Gasteiger partial charge in [0.2, 0.25) is 0 Å². The number of hydroxylamine groups is 2. The van der Waals surface area contributed by atoms with Crippen LogP contribution in [0, 0.1) is 5.41 Å². The summed E-state index contributed by atoms with van der Waals surface area (Å²) < 4.78 is 4.62. The zero-order valence-corrected chi connectivity index (χ0v) is 11.2. The van der Waals surface area contributed by atoms with E-state index in [9.17, 15) is 9.90 Å². The van der Waals surface area contributed by atoms with Gasteiger partial charge in [0.25, 0.3) is 11.8 Å². The van der Waals surface area contributed by atoms with Gasteiger partial charge in [0, 0.05) is 19.6 Å². The van der Waals surface area contributed by atoms with E-state index < -0.39 is 12.0 Å². The molecule has 1 atom stereocenters. The molecule has 0 amide bonds. The average Bonchev–Trinajstić information content (AvgIpc) is 2.76. The highest BCUT2D eigenvalue weighted by molar-refractivity contribution is 5.85. The Morgan fingerprint density at radius 1 is 1.74 bits per heavy atom. The molecule has 1 aliphatic heterocycles. The molecule has 108 valence electrons. The van der Waals surface area contributed by atoms with E-state index in [1.165, 1.54) is 16.0 Å². The van der Waals surface area contributed by atoms with Gasteiger partial charge < -0.3 is 9.63 Å².